The molecule has 1 aliphatic heterocycles. The van der Waals surface area contributed by atoms with Gasteiger partial charge in [0.1, 0.15) is 0 Å². The maximum atomic E-state index is 12.1. The van der Waals surface area contributed by atoms with Crippen molar-refractivity contribution in [3.63, 3.8) is 0 Å². The molecule has 1 aromatic rings. The van der Waals surface area contributed by atoms with Crippen LogP contribution in [0.4, 0.5) is 0 Å². The molecule has 0 unspecified atom stereocenters. The fourth-order valence-electron chi connectivity index (χ4n) is 2.44. The summed E-state index contributed by atoms with van der Waals surface area (Å²) in [6.45, 7) is 8.58. The van der Waals surface area contributed by atoms with Crippen LogP contribution in [0.3, 0.4) is 0 Å². The van der Waals surface area contributed by atoms with E-state index >= 15 is 0 Å². The van der Waals surface area contributed by atoms with Crippen LogP contribution in [0, 0.1) is 0 Å². The van der Waals surface area contributed by atoms with Gasteiger partial charge in [0.2, 0.25) is 0 Å². The molecule has 132 valence electrons. The van der Waals surface area contributed by atoms with Crippen LogP contribution in [-0.4, -0.2) is 65.7 Å². The van der Waals surface area contributed by atoms with Gasteiger partial charge in [-0.05, 0) is 26.8 Å². The number of halogens is 1. The first kappa shape index (κ1) is 20.2. The fourth-order valence-corrected chi connectivity index (χ4v) is 3.81. The van der Waals surface area contributed by atoms with Gasteiger partial charge in [-0.2, -0.15) is 5.10 Å². The van der Waals surface area contributed by atoms with Gasteiger partial charge in [0, 0.05) is 32.0 Å². The Balaban J connectivity index is 0.00000264. The molecule has 0 aromatic carbocycles. The Morgan fingerprint density at radius 2 is 2.17 bits per heavy atom. The Morgan fingerprint density at radius 1 is 1.43 bits per heavy atom. The van der Waals surface area contributed by atoms with Crippen molar-refractivity contribution < 1.29 is 8.42 Å². The Kier molecular flexibility index (Phi) is 7.30. The summed E-state index contributed by atoms with van der Waals surface area (Å²) in [7, 11) is -3.04. The molecular weight excluding hydrogens is 429 g/mol. The van der Waals surface area contributed by atoms with Crippen molar-refractivity contribution in [1.82, 2.24) is 20.0 Å². The number of sulfone groups is 1. The standard InChI is InChI=1S/C14H25N5O2S.HI/c1-4-15-13(16-7-9-19-8-5-6-17-19)18-10-11-22(20,21)14(2,3)12-18;/h5-6,8H,4,7,9-12H2,1-3H3,(H,15,16);1H. The van der Waals surface area contributed by atoms with Crippen LogP contribution in [0.1, 0.15) is 20.8 Å². The van der Waals surface area contributed by atoms with E-state index in [1.165, 1.54) is 0 Å². The Bertz CT molecular complexity index is 613. The number of hydrogen-bond donors (Lipinski definition) is 1. The molecule has 23 heavy (non-hydrogen) atoms. The number of nitrogens with zero attached hydrogens (tertiary/aromatic N) is 4. The zero-order valence-corrected chi connectivity index (χ0v) is 17.0. The molecule has 0 spiro atoms. The van der Waals surface area contributed by atoms with Crippen molar-refractivity contribution in [1.29, 1.82) is 0 Å². The van der Waals surface area contributed by atoms with E-state index in [2.05, 4.69) is 15.4 Å². The van der Waals surface area contributed by atoms with Gasteiger partial charge in [-0.25, -0.2) is 8.42 Å². The van der Waals surface area contributed by atoms with Crippen LogP contribution in [0.5, 0.6) is 0 Å². The lowest BCUT2D eigenvalue weighted by atomic mass is 10.2. The average molecular weight is 455 g/mol. The van der Waals surface area contributed by atoms with E-state index in [0.717, 1.165) is 12.5 Å². The SMILES string of the molecule is CCNC(=NCCn1cccn1)N1CCS(=O)(=O)C(C)(C)C1.I. The normalized spacial score (nSPS) is 20.0. The van der Waals surface area contributed by atoms with Gasteiger partial charge in [0.25, 0.3) is 0 Å². The molecule has 7 nitrogen and oxygen atoms in total. The van der Waals surface area contributed by atoms with Gasteiger partial charge in [-0.3, -0.25) is 9.67 Å². The third-order valence-electron chi connectivity index (χ3n) is 3.83. The van der Waals surface area contributed by atoms with E-state index in [0.29, 0.717) is 26.2 Å². The van der Waals surface area contributed by atoms with Crippen molar-refractivity contribution in [2.75, 3.05) is 31.9 Å². The summed E-state index contributed by atoms with van der Waals surface area (Å²) in [4.78, 5) is 6.64. The molecule has 1 fully saturated rings. The number of rotatable bonds is 4. The number of aliphatic imine (C=N–C) groups is 1. The zero-order valence-electron chi connectivity index (χ0n) is 13.9. The fraction of sp³-hybridized carbons (Fsp3) is 0.714. The van der Waals surface area contributed by atoms with Gasteiger partial charge in [-0.1, -0.05) is 0 Å². The summed E-state index contributed by atoms with van der Waals surface area (Å²) in [5.41, 5.74) is 0. The minimum absolute atomic E-state index is 0. The van der Waals surface area contributed by atoms with Crippen molar-refractivity contribution in [3.8, 4) is 0 Å². The first-order valence-corrected chi connectivity index (χ1v) is 9.24. The lowest BCUT2D eigenvalue weighted by Gasteiger charge is -2.39. The van der Waals surface area contributed by atoms with E-state index in [9.17, 15) is 8.42 Å². The summed E-state index contributed by atoms with van der Waals surface area (Å²) >= 11 is 0. The summed E-state index contributed by atoms with van der Waals surface area (Å²) in [6, 6.07) is 1.88. The van der Waals surface area contributed by atoms with Crippen molar-refractivity contribution in [3.05, 3.63) is 18.5 Å². The first-order chi connectivity index (χ1) is 10.4. The molecule has 1 aliphatic rings. The van der Waals surface area contributed by atoms with Crippen LogP contribution in [-0.2, 0) is 16.4 Å². The summed E-state index contributed by atoms with van der Waals surface area (Å²) in [5.74, 6) is 0.946. The smallest absolute Gasteiger partial charge is 0.194 e. The summed E-state index contributed by atoms with van der Waals surface area (Å²) < 4.78 is 25.3. The molecule has 1 aromatic heterocycles. The Hall–Kier alpha value is -0.840. The summed E-state index contributed by atoms with van der Waals surface area (Å²) in [6.07, 6.45) is 3.64. The molecule has 0 bridgehead atoms. The molecule has 2 rings (SSSR count). The summed E-state index contributed by atoms with van der Waals surface area (Å²) in [5, 5.41) is 7.40. The third kappa shape index (κ3) is 5.07. The van der Waals surface area contributed by atoms with Crippen molar-refractivity contribution >= 4 is 39.8 Å². The molecule has 0 radical (unpaired) electrons. The van der Waals surface area contributed by atoms with Gasteiger partial charge in [0.15, 0.2) is 15.8 Å². The molecule has 0 amide bonds. The zero-order chi connectivity index (χ0) is 16.2. The third-order valence-corrected chi connectivity index (χ3v) is 6.36. The minimum Gasteiger partial charge on any atom is -0.357 e. The molecule has 0 atom stereocenters. The van der Waals surface area contributed by atoms with Gasteiger partial charge < -0.3 is 10.2 Å². The number of hydrogen-bond acceptors (Lipinski definition) is 4. The van der Waals surface area contributed by atoms with Crippen LogP contribution >= 0.6 is 24.0 Å². The van der Waals surface area contributed by atoms with E-state index < -0.39 is 14.6 Å². The lowest BCUT2D eigenvalue weighted by Crippen LogP contribution is -2.57. The molecule has 1 saturated heterocycles. The predicted molar refractivity (Wildman–Crippen MR) is 103 cm³/mol. The van der Waals surface area contributed by atoms with E-state index in [-0.39, 0.29) is 29.7 Å². The van der Waals surface area contributed by atoms with Crippen LogP contribution < -0.4 is 5.32 Å². The number of aromatic nitrogens is 2. The largest absolute Gasteiger partial charge is 0.357 e. The molecule has 9 heteroatoms. The highest BCUT2D eigenvalue weighted by Crippen LogP contribution is 2.23. The van der Waals surface area contributed by atoms with Crippen LogP contribution in [0.15, 0.2) is 23.5 Å². The predicted octanol–water partition coefficient (Wildman–Crippen LogP) is 0.976. The van der Waals surface area contributed by atoms with Crippen molar-refractivity contribution in [2.45, 2.75) is 32.1 Å². The van der Waals surface area contributed by atoms with Crippen LogP contribution in [0.2, 0.25) is 0 Å². The molecule has 0 saturated carbocycles. The maximum Gasteiger partial charge on any atom is 0.194 e. The van der Waals surface area contributed by atoms with E-state index in [1.54, 1.807) is 20.0 Å². The molecule has 2 heterocycles. The highest BCUT2D eigenvalue weighted by Gasteiger charge is 2.40. The molecule has 0 aliphatic carbocycles. The Labute approximate surface area is 155 Å². The highest BCUT2D eigenvalue weighted by atomic mass is 127. The lowest BCUT2D eigenvalue weighted by molar-refractivity contribution is 0.353. The van der Waals surface area contributed by atoms with Crippen LogP contribution in [0.25, 0.3) is 0 Å². The minimum atomic E-state index is -3.04. The van der Waals surface area contributed by atoms with Gasteiger partial charge in [0.05, 0.1) is 23.6 Å². The average Bonchev–Trinajstić information content (AvgIpc) is 2.94. The van der Waals surface area contributed by atoms with E-state index in [4.69, 9.17) is 0 Å². The molecular formula is C14H26IN5O2S. The van der Waals surface area contributed by atoms with E-state index in [1.807, 2.05) is 28.8 Å². The topological polar surface area (TPSA) is 79.6 Å². The highest BCUT2D eigenvalue weighted by molar-refractivity contribution is 14.0. The molecule has 1 N–H and O–H groups in total. The monoisotopic (exact) mass is 455 g/mol. The quantitative estimate of drug-likeness (QED) is 0.416. The van der Waals surface area contributed by atoms with Gasteiger partial charge in [-0.15, -0.1) is 24.0 Å². The van der Waals surface area contributed by atoms with Crippen molar-refractivity contribution in [2.24, 2.45) is 4.99 Å². The maximum absolute atomic E-state index is 12.1. The second-order valence-electron chi connectivity index (χ2n) is 6.00. The number of nitrogens with one attached hydrogen (secondary N) is 1. The first-order valence-electron chi connectivity index (χ1n) is 7.59. The Morgan fingerprint density at radius 3 is 2.74 bits per heavy atom. The second kappa shape index (κ2) is 8.32. The number of guanidine groups is 1. The second-order valence-corrected chi connectivity index (χ2v) is 8.75. The van der Waals surface area contributed by atoms with Gasteiger partial charge >= 0.3 is 0 Å².